The van der Waals surface area contributed by atoms with Crippen LogP contribution in [-0.4, -0.2) is 20.3 Å². The zero-order valence-electron chi connectivity index (χ0n) is 9.64. The second-order valence-corrected chi connectivity index (χ2v) is 4.23. The smallest absolute Gasteiger partial charge is 0.279 e. The molecule has 0 aliphatic rings. The van der Waals surface area contributed by atoms with Crippen molar-refractivity contribution in [2.24, 2.45) is 0 Å². The van der Waals surface area contributed by atoms with Crippen molar-refractivity contribution in [3.63, 3.8) is 0 Å². The fourth-order valence-corrected chi connectivity index (χ4v) is 1.69. The molecule has 0 saturated heterocycles. The number of hydrogen-bond donors (Lipinski definition) is 1. The molecule has 2 aromatic heterocycles. The molecule has 0 amide bonds. The molecule has 86 valence electrons. The molecule has 0 atom stereocenters. The standard InChI is InChI=1S/C12H12N4O/c1-7(2)11-13-12(17-16-11)10-8-5-3-4-6-9(8)14-15-10/h3-7H,1-2H3,(H,14,15). The van der Waals surface area contributed by atoms with Gasteiger partial charge in [0.25, 0.3) is 5.89 Å². The quantitative estimate of drug-likeness (QED) is 0.732. The van der Waals surface area contributed by atoms with Gasteiger partial charge in [0.05, 0.1) is 5.52 Å². The highest BCUT2D eigenvalue weighted by atomic mass is 16.5. The van der Waals surface area contributed by atoms with E-state index < -0.39 is 0 Å². The summed E-state index contributed by atoms with van der Waals surface area (Å²) in [5, 5.41) is 12.1. The van der Waals surface area contributed by atoms with Gasteiger partial charge in [0.2, 0.25) is 0 Å². The molecule has 0 fully saturated rings. The number of nitrogens with zero attached hydrogens (tertiary/aromatic N) is 3. The van der Waals surface area contributed by atoms with Crippen molar-refractivity contribution >= 4 is 10.9 Å². The first kappa shape index (κ1) is 10.0. The zero-order chi connectivity index (χ0) is 11.8. The molecule has 0 spiro atoms. The van der Waals surface area contributed by atoms with Crippen LogP contribution >= 0.6 is 0 Å². The second kappa shape index (κ2) is 3.69. The Morgan fingerprint density at radius 1 is 1.24 bits per heavy atom. The predicted molar refractivity (Wildman–Crippen MR) is 63.5 cm³/mol. The summed E-state index contributed by atoms with van der Waals surface area (Å²) in [5.41, 5.74) is 1.67. The summed E-state index contributed by atoms with van der Waals surface area (Å²) >= 11 is 0. The molecule has 0 aliphatic heterocycles. The Kier molecular flexibility index (Phi) is 2.18. The first-order chi connectivity index (χ1) is 8.25. The van der Waals surface area contributed by atoms with Gasteiger partial charge < -0.3 is 4.52 Å². The molecule has 1 aromatic carbocycles. The van der Waals surface area contributed by atoms with Crippen molar-refractivity contribution in [3.8, 4) is 11.6 Å². The van der Waals surface area contributed by atoms with Crippen molar-refractivity contribution in [2.45, 2.75) is 19.8 Å². The molecule has 0 radical (unpaired) electrons. The normalized spacial score (nSPS) is 11.5. The monoisotopic (exact) mass is 228 g/mol. The lowest BCUT2D eigenvalue weighted by Crippen LogP contribution is -1.89. The Hall–Kier alpha value is -2.17. The third-order valence-corrected chi connectivity index (χ3v) is 2.63. The summed E-state index contributed by atoms with van der Waals surface area (Å²) in [4.78, 5) is 4.34. The molecular weight excluding hydrogens is 216 g/mol. The van der Waals surface area contributed by atoms with E-state index in [9.17, 15) is 0 Å². The maximum absolute atomic E-state index is 5.23. The number of aromatic amines is 1. The highest BCUT2D eigenvalue weighted by Crippen LogP contribution is 2.25. The van der Waals surface area contributed by atoms with Crippen LogP contribution in [-0.2, 0) is 0 Å². The molecule has 17 heavy (non-hydrogen) atoms. The minimum atomic E-state index is 0.248. The van der Waals surface area contributed by atoms with Crippen LogP contribution in [0.4, 0.5) is 0 Å². The van der Waals surface area contributed by atoms with Crippen molar-refractivity contribution in [2.75, 3.05) is 0 Å². The molecule has 0 unspecified atom stereocenters. The molecule has 5 nitrogen and oxygen atoms in total. The van der Waals surface area contributed by atoms with E-state index >= 15 is 0 Å². The predicted octanol–water partition coefficient (Wildman–Crippen LogP) is 2.74. The van der Waals surface area contributed by atoms with E-state index in [2.05, 4.69) is 20.3 Å². The topological polar surface area (TPSA) is 67.6 Å². The largest absolute Gasteiger partial charge is 0.332 e. The number of para-hydroxylation sites is 1. The van der Waals surface area contributed by atoms with Gasteiger partial charge in [-0.3, -0.25) is 5.10 Å². The number of benzene rings is 1. The van der Waals surface area contributed by atoms with Crippen LogP contribution in [0.3, 0.4) is 0 Å². The molecular formula is C12H12N4O. The highest BCUT2D eigenvalue weighted by molar-refractivity contribution is 5.90. The van der Waals surface area contributed by atoms with E-state index in [1.807, 2.05) is 38.1 Å². The summed E-state index contributed by atoms with van der Waals surface area (Å²) in [5.74, 6) is 1.41. The minimum Gasteiger partial charge on any atom is -0.332 e. The van der Waals surface area contributed by atoms with Gasteiger partial charge in [-0.1, -0.05) is 37.2 Å². The van der Waals surface area contributed by atoms with Gasteiger partial charge in [-0.05, 0) is 6.07 Å². The van der Waals surface area contributed by atoms with Gasteiger partial charge in [-0.2, -0.15) is 10.1 Å². The third kappa shape index (κ3) is 1.60. The number of rotatable bonds is 2. The van der Waals surface area contributed by atoms with E-state index in [1.54, 1.807) is 0 Å². The summed E-state index contributed by atoms with van der Waals surface area (Å²) in [7, 11) is 0. The van der Waals surface area contributed by atoms with Crippen molar-refractivity contribution < 1.29 is 4.52 Å². The lowest BCUT2D eigenvalue weighted by molar-refractivity contribution is 0.418. The maximum Gasteiger partial charge on any atom is 0.279 e. The van der Waals surface area contributed by atoms with E-state index in [4.69, 9.17) is 4.52 Å². The molecule has 0 aliphatic carbocycles. The first-order valence-corrected chi connectivity index (χ1v) is 5.53. The number of fused-ring (bicyclic) bond motifs is 1. The van der Waals surface area contributed by atoms with E-state index in [0.29, 0.717) is 17.4 Å². The average molecular weight is 228 g/mol. The van der Waals surface area contributed by atoms with Crippen LogP contribution in [0.2, 0.25) is 0 Å². The molecule has 0 bridgehead atoms. The summed E-state index contributed by atoms with van der Waals surface area (Å²) in [6.07, 6.45) is 0. The van der Waals surface area contributed by atoms with Crippen LogP contribution < -0.4 is 0 Å². The SMILES string of the molecule is CC(C)c1noc(-c2n[nH]c3ccccc23)n1. The first-order valence-electron chi connectivity index (χ1n) is 5.53. The van der Waals surface area contributed by atoms with E-state index in [1.165, 1.54) is 0 Å². The highest BCUT2D eigenvalue weighted by Gasteiger charge is 2.16. The number of hydrogen-bond acceptors (Lipinski definition) is 4. The van der Waals surface area contributed by atoms with E-state index in [0.717, 1.165) is 10.9 Å². The Morgan fingerprint density at radius 3 is 2.82 bits per heavy atom. The van der Waals surface area contributed by atoms with Crippen LogP contribution in [0.15, 0.2) is 28.8 Å². The molecule has 5 heteroatoms. The van der Waals surface area contributed by atoms with Crippen molar-refractivity contribution in [1.29, 1.82) is 0 Å². The van der Waals surface area contributed by atoms with Crippen LogP contribution in [0.1, 0.15) is 25.6 Å². The van der Waals surface area contributed by atoms with Crippen molar-refractivity contribution in [3.05, 3.63) is 30.1 Å². The van der Waals surface area contributed by atoms with Gasteiger partial charge >= 0.3 is 0 Å². The third-order valence-electron chi connectivity index (χ3n) is 2.63. The Balaban J connectivity index is 2.14. The van der Waals surface area contributed by atoms with Gasteiger partial charge in [-0.25, -0.2) is 0 Å². The van der Waals surface area contributed by atoms with Gasteiger partial charge in [-0.15, -0.1) is 0 Å². The second-order valence-electron chi connectivity index (χ2n) is 4.23. The fraction of sp³-hybridized carbons (Fsp3) is 0.250. The number of aromatic nitrogens is 4. The lowest BCUT2D eigenvalue weighted by atomic mass is 10.2. The Bertz CT molecular complexity index is 653. The van der Waals surface area contributed by atoms with Crippen molar-refractivity contribution in [1.82, 2.24) is 20.3 Å². The lowest BCUT2D eigenvalue weighted by Gasteiger charge is -1.92. The van der Waals surface area contributed by atoms with E-state index in [-0.39, 0.29) is 5.92 Å². The zero-order valence-corrected chi connectivity index (χ0v) is 9.64. The molecule has 3 aromatic rings. The summed E-state index contributed by atoms with van der Waals surface area (Å²) in [6, 6.07) is 7.86. The summed E-state index contributed by atoms with van der Waals surface area (Å²) < 4.78 is 5.23. The van der Waals surface area contributed by atoms with Gasteiger partial charge in [0, 0.05) is 11.3 Å². The molecule has 0 saturated carbocycles. The van der Waals surface area contributed by atoms with Gasteiger partial charge in [0.15, 0.2) is 11.5 Å². The van der Waals surface area contributed by atoms with Crippen LogP contribution in [0.25, 0.3) is 22.5 Å². The average Bonchev–Trinajstić information content (AvgIpc) is 2.95. The Morgan fingerprint density at radius 2 is 2.06 bits per heavy atom. The van der Waals surface area contributed by atoms with Gasteiger partial charge in [0.1, 0.15) is 0 Å². The maximum atomic E-state index is 5.23. The fourth-order valence-electron chi connectivity index (χ4n) is 1.69. The van der Waals surface area contributed by atoms with Crippen LogP contribution in [0.5, 0.6) is 0 Å². The number of H-pyrrole nitrogens is 1. The van der Waals surface area contributed by atoms with Crippen LogP contribution in [0, 0.1) is 0 Å². The Labute approximate surface area is 97.8 Å². The summed E-state index contributed by atoms with van der Waals surface area (Å²) in [6.45, 7) is 4.05. The molecule has 2 heterocycles. The minimum absolute atomic E-state index is 0.248. The molecule has 3 rings (SSSR count). The number of nitrogens with one attached hydrogen (secondary N) is 1. The molecule has 1 N–H and O–H groups in total.